The van der Waals surface area contributed by atoms with Gasteiger partial charge in [0.25, 0.3) is 11.4 Å². The summed E-state index contributed by atoms with van der Waals surface area (Å²) in [6.45, 7) is 0. The zero-order valence-corrected chi connectivity index (χ0v) is 14.5. The molecular weight excluding hydrogens is 356 g/mol. The average Bonchev–Trinajstić information content (AvgIpc) is 2.72. The van der Waals surface area contributed by atoms with Gasteiger partial charge >= 0.3 is 0 Å². The average molecular weight is 368 g/mol. The molecule has 0 amide bonds. The van der Waals surface area contributed by atoms with Crippen LogP contribution in [-0.4, -0.2) is 9.85 Å². The van der Waals surface area contributed by atoms with Crippen molar-refractivity contribution in [2.24, 2.45) is 0 Å². The number of non-ortho nitro benzene ring substituents is 2. The lowest BCUT2D eigenvalue weighted by atomic mass is 10.1. The third-order valence-electron chi connectivity index (χ3n) is 3.69. The molecule has 6 heteroatoms. The van der Waals surface area contributed by atoms with E-state index in [0.717, 1.165) is 17.2 Å². The molecule has 6 nitrogen and oxygen atoms in total. The van der Waals surface area contributed by atoms with Crippen molar-refractivity contribution in [1.29, 1.82) is 0 Å². The van der Waals surface area contributed by atoms with Gasteiger partial charge in [-0.3, -0.25) is 20.2 Å². The van der Waals surface area contributed by atoms with Gasteiger partial charge in [-0.15, -0.1) is 0 Å². The van der Waals surface area contributed by atoms with Crippen LogP contribution in [0.15, 0.2) is 72.8 Å². The third kappa shape index (κ3) is 4.81. The predicted molar refractivity (Wildman–Crippen MR) is 105 cm³/mol. The molecule has 0 N–H and O–H groups in total. The number of hydrogen-bond donors (Lipinski definition) is 0. The van der Waals surface area contributed by atoms with Crippen LogP contribution in [0, 0.1) is 43.9 Å². The number of nitrogens with zero attached hydrogens (tertiary/aromatic N) is 2. The van der Waals surface area contributed by atoms with Gasteiger partial charge in [0.2, 0.25) is 0 Å². The number of nitro groups is 2. The number of benzene rings is 3. The molecule has 0 spiro atoms. The molecule has 0 aliphatic carbocycles. The summed E-state index contributed by atoms with van der Waals surface area (Å²) in [6, 6.07) is 20.1. The Morgan fingerprint density at radius 1 is 0.536 bits per heavy atom. The van der Waals surface area contributed by atoms with E-state index in [4.69, 9.17) is 0 Å². The Kier molecular flexibility index (Phi) is 5.45. The number of rotatable bonds is 2. The van der Waals surface area contributed by atoms with Crippen LogP contribution in [-0.2, 0) is 0 Å². The fourth-order valence-electron chi connectivity index (χ4n) is 2.33. The summed E-state index contributed by atoms with van der Waals surface area (Å²) < 4.78 is 0. The SMILES string of the molecule is O=[N+]([O-])c1cc(C#Cc2ccc(C#Cc3ccccc3)cc2)cc([N+](=O)[O-])c1. The smallest absolute Gasteiger partial charge is 0.258 e. The van der Waals surface area contributed by atoms with E-state index in [1.54, 1.807) is 12.1 Å². The highest BCUT2D eigenvalue weighted by molar-refractivity contribution is 5.54. The van der Waals surface area contributed by atoms with Crippen molar-refractivity contribution in [1.82, 2.24) is 0 Å². The molecule has 3 rings (SSSR count). The molecule has 0 unspecified atom stereocenters. The van der Waals surface area contributed by atoms with E-state index in [9.17, 15) is 20.2 Å². The lowest BCUT2D eigenvalue weighted by molar-refractivity contribution is -0.394. The summed E-state index contributed by atoms with van der Waals surface area (Å²) in [7, 11) is 0. The zero-order chi connectivity index (χ0) is 19.9. The van der Waals surface area contributed by atoms with Crippen LogP contribution in [0.1, 0.15) is 22.3 Å². The molecule has 0 heterocycles. The van der Waals surface area contributed by atoms with Gasteiger partial charge in [-0.05, 0) is 36.4 Å². The third-order valence-corrected chi connectivity index (χ3v) is 3.69. The molecule has 28 heavy (non-hydrogen) atoms. The fraction of sp³-hybridized carbons (Fsp3) is 0. The van der Waals surface area contributed by atoms with Gasteiger partial charge in [-0.25, -0.2) is 0 Å². The van der Waals surface area contributed by atoms with E-state index in [2.05, 4.69) is 23.7 Å². The molecule has 134 valence electrons. The van der Waals surface area contributed by atoms with Gasteiger partial charge in [-0.1, -0.05) is 41.9 Å². The van der Waals surface area contributed by atoms with E-state index < -0.39 is 9.85 Å². The van der Waals surface area contributed by atoms with E-state index in [-0.39, 0.29) is 16.9 Å². The normalized spacial score (nSPS) is 9.43. The summed E-state index contributed by atoms with van der Waals surface area (Å²) in [4.78, 5) is 20.5. The minimum absolute atomic E-state index is 0.203. The lowest BCUT2D eigenvalue weighted by Crippen LogP contribution is -1.94. The van der Waals surface area contributed by atoms with Crippen LogP contribution < -0.4 is 0 Å². The first-order valence-corrected chi connectivity index (χ1v) is 8.14. The molecule has 0 saturated carbocycles. The van der Waals surface area contributed by atoms with Crippen LogP contribution in [0.25, 0.3) is 0 Å². The van der Waals surface area contributed by atoms with Crippen LogP contribution in [0.2, 0.25) is 0 Å². The number of hydrogen-bond acceptors (Lipinski definition) is 4. The molecule has 0 saturated heterocycles. The monoisotopic (exact) mass is 368 g/mol. The molecule has 0 atom stereocenters. The summed E-state index contributed by atoms with van der Waals surface area (Å²) >= 11 is 0. The van der Waals surface area contributed by atoms with Crippen LogP contribution in [0.4, 0.5) is 11.4 Å². The fourth-order valence-corrected chi connectivity index (χ4v) is 2.33. The van der Waals surface area contributed by atoms with E-state index in [0.29, 0.717) is 5.56 Å². The van der Waals surface area contributed by atoms with Crippen molar-refractivity contribution in [3.63, 3.8) is 0 Å². The van der Waals surface area contributed by atoms with Crippen molar-refractivity contribution in [3.8, 4) is 23.7 Å². The van der Waals surface area contributed by atoms with Crippen molar-refractivity contribution >= 4 is 11.4 Å². The molecule has 0 fully saturated rings. The maximum absolute atomic E-state index is 10.9. The lowest BCUT2D eigenvalue weighted by Gasteiger charge is -1.95. The van der Waals surface area contributed by atoms with Gasteiger partial charge in [0, 0.05) is 34.4 Å². The topological polar surface area (TPSA) is 86.3 Å². The first kappa shape index (κ1) is 18.4. The molecule has 0 aromatic heterocycles. The molecule has 0 bridgehead atoms. The largest absolute Gasteiger partial charge is 0.277 e. The van der Waals surface area contributed by atoms with E-state index >= 15 is 0 Å². The highest BCUT2D eigenvalue weighted by Gasteiger charge is 2.15. The predicted octanol–water partition coefficient (Wildman–Crippen LogP) is 4.30. The van der Waals surface area contributed by atoms with Crippen molar-refractivity contribution in [3.05, 3.63) is 115 Å². The van der Waals surface area contributed by atoms with Gasteiger partial charge < -0.3 is 0 Å². The van der Waals surface area contributed by atoms with Crippen LogP contribution in [0.3, 0.4) is 0 Å². The Hall–Kier alpha value is -4.42. The van der Waals surface area contributed by atoms with Crippen molar-refractivity contribution in [2.45, 2.75) is 0 Å². The second-order valence-electron chi connectivity index (χ2n) is 5.70. The standard InChI is InChI=1S/C22H12N2O4/c25-23(26)21-14-20(15-22(16-21)24(27)28)13-12-19-10-8-18(9-11-19)7-6-17-4-2-1-3-5-17/h1-5,8-11,14-16H. The summed E-state index contributed by atoms with van der Waals surface area (Å²) in [5.41, 5.74) is 1.86. The van der Waals surface area contributed by atoms with E-state index in [1.807, 2.05) is 42.5 Å². The van der Waals surface area contributed by atoms with Gasteiger partial charge in [0.1, 0.15) is 0 Å². The summed E-state index contributed by atoms with van der Waals surface area (Å²) in [6.07, 6.45) is 0. The zero-order valence-electron chi connectivity index (χ0n) is 14.5. The van der Waals surface area contributed by atoms with Crippen LogP contribution >= 0.6 is 0 Å². The molecule has 3 aromatic rings. The van der Waals surface area contributed by atoms with Crippen molar-refractivity contribution in [2.75, 3.05) is 0 Å². The Balaban J connectivity index is 1.82. The Morgan fingerprint density at radius 2 is 0.929 bits per heavy atom. The molecule has 3 aromatic carbocycles. The molecule has 0 aliphatic rings. The Bertz CT molecular complexity index is 1130. The second-order valence-corrected chi connectivity index (χ2v) is 5.70. The quantitative estimate of drug-likeness (QED) is 0.383. The Labute approximate surface area is 160 Å². The summed E-state index contributed by atoms with van der Waals surface area (Å²) in [5, 5.41) is 21.9. The summed E-state index contributed by atoms with van der Waals surface area (Å²) in [5.74, 6) is 11.7. The molecule has 0 aliphatic heterocycles. The second kappa shape index (κ2) is 8.31. The van der Waals surface area contributed by atoms with Gasteiger partial charge in [0.15, 0.2) is 0 Å². The maximum atomic E-state index is 10.9. The minimum Gasteiger partial charge on any atom is -0.258 e. The minimum atomic E-state index is -0.682. The first-order chi connectivity index (χ1) is 13.5. The highest BCUT2D eigenvalue weighted by atomic mass is 16.6. The highest BCUT2D eigenvalue weighted by Crippen LogP contribution is 2.22. The van der Waals surface area contributed by atoms with Crippen molar-refractivity contribution < 1.29 is 9.85 Å². The van der Waals surface area contributed by atoms with Crippen LogP contribution in [0.5, 0.6) is 0 Å². The first-order valence-electron chi connectivity index (χ1n) is 8.14. The maximum Gasteiger partial charge on any atom is 0.277 e. The van der Waals surface area contributed by atoms with E-state index in [1.165, 1.54) is 12.1 Å². The van der Waals surface area contributed by atoms with Gasteiger partial charge in [0.05, 0.1) is 15.9 Å². The molecular formula is C22H12N2O4. The molecule has 0 radical (unpaired) electrons. The van der Waals surface area contributed by atoms with Gasteiger partial charge in [-0.2, -0.15) is 0 Å². The number of nitro benzene ring substituents is 2. The Morgan fingerprint density at radius 3 is 1.36 bits per heavy atom.